The highest BCUT2D eigenvalue weighted by molar-refractivity contribution is 8.09. The van der Waals surface area contributed by atoms with Crippen LogP contribution < -0.4 is 0 Å². The topological polar surface area (TPSA) is 43.4 Å². The highest BCUT2D eigenvalue weighted by Gasteiger charge is 2.24. The average Bonchev–Trinajstić information content (AvgIpc) is 2.51. The van der Waals surface area contributed by atoms with Crippen molar-refractivity contribution in [1.29, 1.82) is 0 Å². The van der Waals surface area contributed by atoms with Gasteiger partial charge in [0, 0.05) is 6.92 Å². The summed E-state index contributed by atoms with van der Waals surface area (Å²) in [5.41, 5.74) is 0. The van der Waals surface area contributed by atoms with Gasteiger partial charge in [0.05, 0.1) is 5.92 Å². The molecule has 0 saturated heterocycles. The van der Waals surface area contributed by atoms with Crippen LogP contribution in [0.4, 0.5) is 0 Å². The lowest BCUT2D eigenvalue weighted by Gasteiger charge is -2.05. The van der Waals surface area contributed by atoms with Gasteiger partial charge in [0.15, 0.2) is 0 Å². The van der Waals surface area contributed by atoms with Gasteiger partial charge in [0.2, 0.25) is 5.12 Å². The highest BCUT2D eigenvalue weighted by atomic mass is 32.2. The molecule has 1 saturated carbocycles. The van der Waals surface area contributed by atoms with E-state index in [1.165, 1.54) is 6.92 Å². The van der Waals surface area contributed by atoms with Crippen molar-refractivity contribution < 1.29 is 13.8 Å². The van der Waals surface area contributed by atoms with E-state index in [0.29, 0.717) is 12.0 Å². The normalized spacial score (nSPS) is 17.8. The Balaban J connectivity index is 2.23. The minimum absolute atomic E-state index is 0.0387. The second-order valence-corrected chi connectivity index (χ2v) is 3.87. The van der Waals surface area contributed by atoms with Crippen LogP contribution in [0.5, 0.6) is 0 Å². The van der Waals surface area contributed by atoms with E-state index >= 15 is 0 Å². The first-order chi connectivity index (χ1) is 5.70. The second kappa shape index (κ2) is 4.50. The molecule has 0 radical (unpaired) electrons. The summed E-state index contributed by atoms with van der Waals surface area (Å²) in [4.78, 5) is 21.6. The molecule has 0 aromatic rings. The van der Waals surface area contributed by atoms with Crippen LogP contribution in [0.1, 0.15) is 32.6 Å². The molecule has 1 fully saturated rings. The minimum atomic E-state index is -0.229. The Labute approximate surface area is 76.1 Å². The Morgan fingerprint density at radius 2 is 1.92 bits per heavy atom. The monoisotopic (exact) mass is 188 g/mol. The quantitative estimate of drug-likeness (QED) is 0.589. The van der Waals surface area contributed by atoms with E-state index in [0.717, 1.165) is 25.7 Å². The largest absolute Gasteiger partial charge is 0.383 e. The van der Waals surface area contributed by atoms with Crippen molar-refractivity contribution in [2.24, 2.45) is 5.92 Å². The molecule has 4 heteroatoms. The standard InChI is InChI=1S/C8H12O3S/c1-6(9)12-11-8(10)7-4-2-3-5-7/h7H,2-5H2,1H3. The van der Waals surface area contributed by atoms with E-state index in [1.807, 2.05) is 0 Å². The van der Waals surface area contributed by atoms with E-state index in [9.17, 15) is 9.59 Å². The van der Waals surface area contributed by atoms with Gasteiger partial charge >= 0.3 is 5.97 Å². The van der Waals surface area contributed by atoms with Crippen molar-refractivity contribution >= 4 is 23.1 Å². The van der Waals surface area contributed by atoms with E-state index in [-0.39, 0.29) is 17.0 Å². The SMILES string of the molecule is CC(=O)SOC(=O)C1CCCC1. The molecule has 12 heavy (non-hydrogen) atoms. The first kappa shape index (κ1) is 9.58. The summed E-state index contributed by atoms with van der Waals surface area (Å²) in [5, 5.41) is -0.179. The van der Waals surface area contributed by atoms with Crippen LogP contribution in [-0.4, -0.2) is 11.1 Å². The van der Waals surface area contributed by atoms with Crippen LogP contribution in [-0.2, 0) is 13.8 Å². The van der Waals surface area contributed by atoms with Crippen LogP contribution in [0.15, 0.2) is 0 Å². The summed E-state index contributed by atoms with van der Waals surface area (Å²) in [6.45, 7) is 1.38. The van der Waals surface area contributed by atoms with Crippen molar-refractivity contribution in [2.45, 2.75) is 32.6 Å². The summed E-state index contributed by atoms with van der Waals surface area (Å²) < 4.78 is 4.72. The van der Waals surface area contributed by atoms with Crippen LogP contribution in [0.3, 0.4) is 0 Å². The highest BCUT2D eigenvalue weighted by Crippen LogP contribution is 2.27. The smallest absolute Gasteiger partial charge is 0.321 e. The van der Waals surface area contributed by atoms with Crippen LogP contribution in [0.25, 0.3) is 0 Å². The third kappa shape index (κ3) is 2.85. The van der Waals surface area contributed by atoms with Gasteiger partial charge in [-0.1, -0.05) is 12.8 Å². The zero-order valence-corrected chi connectivity index (χ0v) is 7.86. The molecule has 0 aliphatic heterocycles. The van der Waals surface area contributed by atoms with E-state index in [2.05, 4.69) is 0 Å². The fourth-order valence-electron chi connectivity index (χ4n) is 1.33. The third-order valence-electron chi connectivity index (χ3n) is 1.93. The predicted octanol–water partition coefficient (Wildman–Crippen LogP) is 1.91. The van der Waals surface area contributed by atoms with Crippen LogP contribution >= 0.6 is 12.0 Å². The van der Waals surface area contributed by atoms with Gasteiger partial charge in [-0.3, -0.25) is 9.59 Å². The lowest BCUT2D eigenvalue weighted by Crippen LogP contribution is -2.11. The number of carbonyl (C=O) groups is 2. The van der Waals surface area contributed by atoms with Gasteiger partial charge in [-0.2, -0.15) is 0 Å². The zero-order chi connectivity index (χ0) is 8.97. The molecule has 1 aliphatic rings. The summed E-state index contributed by atoms with van der Waals surface area (Å²) in [6, 6.07) is 0. The summed E-state index contributed by atoms with van der Waals surface area (Å²) in [5.74, 6) is -0.190. The molecule has 1 rings (SSSR count). The zero-order valence-electron chi connectivity index (χ0n) is 7.04. The molecule has 0 aromatic heterocycles. The van der Waals surface area contributed by atoms with Gasteiger partial charge in [0.1, 0.15) is 12.0 Å². The summed E-state index contributed by atoms with van der Waals surface area (Å²) in [6.07, 6.45) is 4.03. The number of carbonyl (C=O) groups excluding carboxylic acids is 2. The maximum atomic E-state index is 11.2. The van der Waals surface area contributed by atoms with Gasteiger partial charge in [0.25, 0.3) is 0 Å². The molecule has 1 aliphatic carbocycles. The Morgan fingerprint density at radius 1 is 1.33 bits per heavy atom. The first-order valence-corrected chi connectivity index (χ1v) is 4.83. The summed E-state index contributed by atoms with van der Waals surface area (Å²) in [7, 11) is 0. The minimum Gasteiger partial charge on any atom is -0.383 e. The molecular weight excluding hydrogens is 176 g/mol. The van der Waals surface area contributed by atoms with E-state index in [1.54, 1.807) is 0 Å². The van der Waals surface area contributed by atoms with Crippen LogP contribution in [0, 0.1) is 5.92 Å². The molecular formula is C8H12O3S. The molecule has 0 N–H and O–H groups in total. The van der Waals surface area contributed by atoms with Crippen molar-refractivity contribution in [2.75, 3.05) is 0 Å². The van der Waals surface area contributed by atoms with E-state index in [4.69, 9.17) is 4.18 Å². The Kier molecular flexibility index (Phi) is 3.59. The Morgan fingerprint density at radius 3 is 2.42 bits per heavy atom. The molecule has 0 heterocycles. The molecule has 0 atom stereocenters. The average molecular weight is 188 g/mol. The fourth-order valence-corrected chi connectivity index (χ4v) is 1.66. The Hall–Kier alpha value is -0.510. The maximum absolute atomic E-state index is 11.2. The number of rotatable bonds is 1. The molecule has 0 unspecified atom stereocenters. The predicted molar refractivity (Wildman–Crippen MR) is 46.3 cm³/mol. The Bertz CT molecular complexity index is 185. The van der Waals surface area contributed by atoms with Crippen LogP contribution in [0.2, 0.25) is 0 Å². The van der Waals surface area contributed by atoms with Crippen molar-refractivity contribution in [3.63, 3.8) is 0 Å². The molecule has 0 bridgehead atoms. The maximum Gasteiger partial charge on any atom is 0.321 e. The fraction of sp³-hybridized carbons (Fsp3) is 0.750. The van der Waals surface area contributed by atoms with Gasteiger partial charge < -0.3 is 4.18 Å². The summed E-state index contributed by atoms with van der Waals surface area (Å²) >= 11 is 0.638. The van der Waals surface area contributed by atoms with Crippen molar-refractivity contribution in [1.82, 2.24) is 0 Å². The second-order valence-electron chi connectivity index (χ2n) is 2.96. The lowest BCUT2D eigenvalue weighted by molar-refractivity contribution is -0.137. The lowest BCUT2D eigenvalue weighted by atomic mass is 10.1. The molecule has 0 amide bonds. The van der Waals surface area contributed by atoms with Crippen molar-refractivity contribution in [3.8, 4) is 0 Å². The van der Waals surface area contributed by atoms with Gasteiger partial charge in [-0.15, -0.1) is 0 Å². The van der Waals surface area contributed by atoms with Gasteiger partial charge in [-0.25, -0.2) is 0 Å². The molecule has 0 spiro atoms. The first-order valence-electron chi connectivity index (χ1n) is 4.09. The number of hydrogen-bond acceptors (Lipinski definition) is 4. The molecule has 0 aromatic carbocycles. The van der Waals surface area contributed by atoms with E-state index < -0.39 is 0 Å². The molecule has 3 nitrogen and oxygen atoms in total. The van der Waals surface area contributed by atoms with Crippen molar-refractivity contribution in [3.05, 3.63) is 0 Å². The van der Waals surface area contributed by atoms with Gasteiger partial charge in [-0.05, 0) is 12.8 Å². The molecule has 68 valence electrons. The third-order valence-corrected chi connectivity index (χ3v) is 2.41. The number of hydrogen-bond donors (Lipinski definition) is 0.